The summed E-state index contributed by atoms with van der Waals surface area (Å²) in [6.07, 6.45) is 4.01. The predicted molar refractivity (Wildman–Crippen MR) is 87.6 cm³/mol. The molecule has 0 spiro atoms. The van der Waals surface area contributed by atoms with Gasteiger partial charge in [0, 0.05) is 29.7 Å². The average molecular weight is 307 g/mol. The van der Waals surface area contributed by atoms with Crippen LogP contribution < -0.4 is 5.32 Å². The van der Waals surface area contributed by atoms with Gasteiger partial charge in [0.1, 0.15) is 0 Å². The van der Waals surface area contributed by atoms with E-state index in [4.69, 9.17) is 11.6 Å². The van der Waals surface area contributed by atoms with Gasteiger partial charge in [-0.25, -0.2) is 0 Å². The molecule has 3 rings (SSSR count). The first-order valence-electron chi connectivity index (χ1n) is 7.76. The van der Waals surface area contributed by atoms with Gasteiger partial charge in [-0.1, -0.05) is 36.7 Å². The number of aliphatic hydroxyl groups is 1. The van der Waals surface area contributed by atoms with E-state index in [1.807, 2.05) is 24.3 Å². The molecule has 2 aromatic rings. The van der Waals surface area contributed by atoms with E-state index in [0.717, 1.165) is 53.2 Å². The van der Waals surface area contributed by atoms with Crippen LogP contribution in [-0.2, 0) is 6.54 Å². The van der Waals surface area contributed by atoms with Crippen molar-refractivity contribution in [3.05, 3.63) is 35.0 Å². The summed E-state index contributed by atoms with van der Waals surface area (Å²) in [6.45, 7) is 3.55. The lowest BCUT2D eigenvalue weighted by Crippen LogP contribution is -2.43. The number of rotatable bonds is 4. The fourth-order valence-electron chi connectivity index (χ4n) is 3.18. The molecular weight excluding hydrogens is 284 g/mol. The Labute approximate surface area is 130 Å². The summed E-state index contributed by atoms with van der Waals surface area (Å²) >= 11 is 6.40. The summed E-state index contributed by atoms with van der Waals surface area (Å²) in [5.74, 6) is 0.744. The minimum Gasteiger partial charge on any atom is -0.389 e. The maximum Gasteiger partial charge on any atom is 0.0771 e. The van der Waals surface area contributed by atoms with Gasteiger partial charge < -0.3 is 15.4 Å². The van der Waals surface area contributed by atoms with Crippen LogP contribution in [0.2, 0.25) is 5.02 Å². The van der Waals surface area contributed by atoms with Gasteiger partial charge in [0.2, 0.25) is 0 Å². The fourth-order valence-corrected chi connectivity index (χ4v) is 3.46. The van der Waals surface area contributed by atoms with Crippen LogP contribution in [0.5, 0.6) is 0 Å². The third kappa shape index (κ3) is 3.25. The minimum atomic E-state index is -0.551. The summed E-state index contributed by atoms with van der Waals surface area (Å²) in [6, 6.07) is 8.04. The molecule has 21 heavy (non-hydrogen) atoms. The van der Waals surface area contributed by atoms with Gasteiger partial charge in [-0.15, -0.1) is 0 Å². The van der Waals surface area contributed by atoms with Gasteiger partial charge >= 0.3 is 0 Å². The van der Waals surface area contributed by atoms with Crippen molar-refractivity contribution in [2.45, 2.75) is 44.8 Å². The van der Waals surface area contributed by atoms with Crippen molar-refractivity contribution in [3.63, 3.8) is 0 Å². The van der Waals surface area contributed by atoms with Crippen LogP contribution in [0.4, 0.5) is 0 Å². The molecule has 0 aliphatic heterocycles. The number of halogens is 1. The fraction of sp³-hybridized carbons (Fsp3) is 0.529. The Hall–Kier alpha value is -1.03. The summed E-state index contributed by atoms with van der Waals surface area (Å²) in [7, 11) is 0. The Bertz CT molecular complexity index is 614. The van der Waals surface area contributed by atoms with Crippen molar-refractivity contribution in [2.24, 2.45) is 5.92 Å². The molecule has 1 aliphatic carbocycles. The number of hydrogen-bond donors (Lipinski definition) is 3. The molecule has 0 amide bonds. The molecule has 1 heterocycles. The van der Waals surface area contributed by atoms with Crippen molar-refractivity contribution in [1.82, 2.24) is 10.3 Å². The van der Waals surface area contributed by atoms with E-state index in [2.05, 4.69) is 17.2 Å². The summed E-state index contributed by atoms with van der Waals surface area (Å²) in [4.78, 5) is 3.35. The number of H-pyrrole nitrogens is 1. The number of nitrogens with one attached hydrogen (secondary N) is 2. The molecule has 0 radical (unpaired) electrons. The Morgan fingerprint density at radius 2 is 2.05 bits per heavy atom. The van der Waals surface area contributed by atoms with E-state index < -0.39 is 5.60 Å². The Morgan fingerprint density at radius 1 is 1.33 bits per heavy atom. The van der Waals surface area contributed by atoms with E-state index in [1.165, 1.54) is 0 Å². The van der Waals surface area contributed by atoms with E-state index >= 15 is 0 Å². The molecule has 114 valence electrons. The van der Waals surface area contributed by atoms with Crippen LogP contribution in [0.25, 0.3) is 10.9 Å². The van der Waals surface area contributed by atoms with Crippen molar-refractivity contribution >= 4 is 22.5 Å². The summed E-state index contributed by atoms with van der Waals surface area (Å²) < 4.78 is 0. The van der Waals surface area contributed by atoms with Gasteiger partial charge in [0.05, 0.1) is 10.6 Å². The zero-order valence-corrected chi connectivity index (χ0v) is 13.2. The summed E-state index contributed by atoms with van der Waals surface area (Å²) in [5.41, 5.74) is 1.50. The first-order chi connectivity index (χ1) is 10.1. The second-order valence-electron chi connectivity index (χ2n) is 6.47. The maximum absolute atomic E-state index is 10.6. The molecule has 4 heteroatoms. The van der Waals surface area contributed by atoms with Gasteiger partial charge in [-0.05, 0) is 37.7 Å². The SMILES string of the molecule is CC1CCC(O)(CNCc2[nH]c3ccccc3c2Cl)CC1. The highest BCUT2D eigenvalue weighted by molar-refractivity contribution is 6.36. The number of fused-ring (bicyclic) bond motifs is 1. The first kappa shape index (κ1) is 14.9. The Morgan fingerprint density at radius 3 is 2.76 bits per heavy atom. The number of benzene rings is 1. The zero-order valence-electron chi connectivity index (χ0n) is 12.5. The van der Waals surface area contributed by atoms with E-state index in [1.54, 1.807) is 0 Å². The molecule has 0 bridgehead atoms. The molecule has 1 aliphatic rings. The standard InChI is InChI=1S/C17H23ClN2O/c1-12-6-8-17(21,9-7-12)11-19-10-15-16(18)13-4-2-3-5-14(13)20-15/h2-5,12,19-21H,6-11H2,1H3. The topological polar surface area (TPSA) is 48.0 Å². The van der Waals surface area contributed by atoms with Crippen molar-refractivity contribution in [1.29, 1.82) is 0 Å². The molecule has 0 unspecified atom stereocenters. The van der Waals surface area contributed by atoms with Crippen LogP contribution in [0.3, 0.4) is 0 Å². The number of aromatic amines is 1. The average Bonchev–Trinajstić information content (AvgIpc) is 2.80. The molecule has 1 aromatic carbocycles. The van der Waals surface area contributed by atoms with Crippen LogP contribution in [0.15, 0.2) is 24.3 Å². The molecule has 1 fully saturated rings. The molecular formula is C17H23ClN2O. The lowest BCUT2D eigenvalue weighted by Gasteiger charge is -2.35. The van der Waals surface area contributed by atoms with Crippen LogP contribution in [-0.4, -0.2) is 22.2 Å². The van der Waals surface area contributed by atoms with Gasteiger partial charge in [-0.2, -0.15) is 0 Å². The smallest absolute Gasteiger partial charge is 0.0771 e. The monoisotopic (exact) mass is 306 g/mol. The molecule has 3 N–H and O–H groups in total. The van der Waals surface area contributed by atoms with Crippen molar-refractivity contribution in [3.8, 4) is 0 Å². The second kappa shape index (κ2) is 5.99. The highest BCUT2D eigenvalue weighted by atomic mass is 35.5. The Kier molecular flexibility index (Phi) is 4.25. The van der Waals surface area contributed by atoms with Crippen molar-refractivity contribution < 1.29 is 5.11 Å². The Balaban J connectivity index is 1.60. The molecule has 1 saturated carbocycles. The largest absolute Gasteiger partial charge is 0.389 e. The highest BCUT2D eigenvalue weighted by Gasteiger charge is 2.31. The maximum atomic E-state index is 10.6. The minimum absolute atomic E-state index is 0.551. The number of para-hydroxylation sites is 1. The molecule has 1 aromatic heterocycles. The van der Waals surface area contributed by atoms with Gasteiger partial charge in [0.15, 0.2) is 0 Å². The van der Waals surface area contributed by atoms with Crippen molar-refractivity contribution in [2.75, 3.05) is 6.54 Å². The van der Waals surface area contributed by atoms with E-state index in [0.29, 0.717) is 13.1 Å². The third-order valence-corrected chi connectivity index (χ3v) is 5.11. The summed E-state index contributed by atoms with van der Waals surface area (Å²) in [5, 5.41) is 15.8. The molecule has 0 saturated heterocycles. The normalized spacial score (nSPS) is 26.3. The van der Waals surface area contributed by atoms with Gasteiger partial charge in [0.25, 0.3) is 0 Å². The zero-order chi connectivity index (χ0) is 14.9. The predicted octanol–water partition coefficient (Wildman–Crippen LogP) is 3.85. The van der Waals surface area contributed by atoms with E-state index in [-0.39, 0.29) is 0 Å². The lowest BCUT2D eigenvalue weighted by molar-refractivity contribution is -0.00634. The van der Waals surface area contributed by atoms with Crippen LogP contribution in [0.1, 0.15) is 38.3 Å². The lowest BCUT2D eigenvalue weighted by atomic mass is 9.79. The number of hydrogen-bond acceptors (Lipinski definition) is 2. The third-order valence-electron chi connectivity index (χ3n) is 4.67. The number of aromatic nitrogens is 1. The molecule has 0 atom stereocenters. The van der Waals surface area contributed by atoms with E-state index in [9.17, 15) is 5.11 Å². The highest BCUT2D eigenvalue weighted by Crippen LogP contribution is 2.31. The van der Waals surface area contributed by atoms with Gasteiger partial charge in [-0.3, -0.25) is 0 Å². The molecule has 3 nitrogen and oxygen atoms in total. The van der Waals surface area contributed by atoms with Crippen LogP contribution in [0, 0.1) is 5.92 Å². The first-order valence-corrected chi connectivity index (χ1v) is 8.13. The van der Waals surface area contributed by atoms with Crippen LogP contribution >= 0.6 is 11.6 Å². The second-order valence-corrected chi connectivity index (χ2v) is 6.85. The quantitative estimate of drug-likeness (QED) is 0.803.